The van der Waals surface area contributed by atoms with Crippen LogP contribution in [0.2, 0.25) is 0 Å². The number of nitrogens with zero attached hydrogens (tertiary/aromatic N) is 2. The molecule has 14 heteroatoms. The Balaban J connectivity index is 0.000000193. The van der Waals surface area contributed by atoms with E-state index in [1.54, 1.807) is 52.0 Å². The van der Waals surface area contributed by atoms with Crippen molar-refractivity contribution in [1.29, 1.82) is 0 Å². The molecule has 0 aliphatic rings. The normalized spacial score (nSPS) is 11.5. The molecule has 0 unspecified atom stereocenters. The van der Waals surface area contributed by atoms with Gasteiger partial charge >= 0.3 is 15.2 Å². The fourth-order valence-corrected chi connectivity index (χ4v) is 16.2. The molecule has 92 heavy (non-hydrogen) atoms. The zero-order valence-electron chi connectivity index (χ0n) is 53.5. The largest absolute Gasteiger partial charge is 0.335 e. The molecule has 0 atom stereocenters. The highest BCUT2D eigenvalue weighted by Gasteiger charge is 2.29. The third-order valence-corrected chi connectivity index (χ3v) is 21.3. The van der Waals surface area contributed by atoms with Crippen molar-refractivity contribution in [1.82, 2.24) is 0 Å². The van der Waals surface area contributed by atoms with Crippen LogP contribution in [0.4, 0.5) is 34.1 Å². The first kappa shape index (κ1) is 69.5. The van der Waals surface area contributed by atoms with Crippen LogP contribution < -0.4 is 9.80 Å². The lowest BCUT2D eigenvalue weighted by Crippen LogP contribution is -2.10. The number of hydrogen-bond donors (Lipinski definition) is 0. The predicted octanol–water partition coefficient (Wildman–Crippen LogP) is 23.0. The Kier molecular flexibility index (Phi) is 26.4. The Morgan fingerprint density at radius 1 is 0.359 bits per heavy atom. The van der Waals surface area contributed by atoms with Crippen molar-refractivity contribution in [3.8, 4) is 0 Å². The van der Waals surface area contributed by atoms with Gasteiger partial charge in [-0.3, -0.25) is 18.7 Å². The first-order valence-electron chi connectivity index (χ1n) is 30.8. The lowest BCUT2D eigenvalue weighted by molar-refractivity contribution is 0.111. The molecule has 0 aliphatic heterocycles. The summed E-state index contributed by atoms with van der Waals surface area (Å²) in [5, 5.41) is 0. The second kappa shape index (κ2) is 34.9. The van der Waals surface area contributed by atoms with Gasteiger partial charge in [0.2, 0.25) is 0 Å². The van der Waals surface area contributed by atoms with Crippen LogP contribution in [0.1, 0.15) is 112 Å². The Bertz CT molecular complexity index is 4040. The number of aryl methyl sites for hydroxylation is 4. The summed E-state index contributed by atoms with van der Waals surface area (Å²) in [4.78, 5) is 30.5. The summed E-state index contributed by atoms with van der Waals surface area (Å²) in [6.07, 6.45) is 15.2. The quantitative estimate of drug-likeness (QED) is 0.0295. The summed E-state index contributed by atoms with van der Waals surface area (Å²) in [6, 6.07) is 74.4. The number of carbonyl (C=O) groups excluding carboxylic acids is 2. The zero-order chi connectivity index (χ0) is 65.3. The molecular weight excluding hydrogens is 1220 g/mol. The second-order valence-electron chi connectivity index (χ2n) is 21.5. The highest BCUT2D eigenvalue weighted by molar-refractivity contribution is 7.54. The highest BCUT2D eigenvalue weighted by Crippen LogP contribution is 2.55. The average molecular weight is 1300 g/mol. The van der Waals surface area contributed by atoms with Gasteiger partial charge in [-0.05, 0) is 210 Å². The molecule has 10 aromatic rings. The first-order valence-corrected chi connectivity index (χ1v) is 35.9. The molecular formula is C78H80N2O8P2S2. The fourth-order valence-electron chi connectivity index (χ4n) is 9.83. The van der Waals surface area contributed by atoms with E-state index in [0.29, 0.717) is 37.6 Å². The van der Waals surface area contributed by atoms with E-state index in [-0.39, 0.29) is 12.3 Å². The molecule has 0 fully saturated rings. The molecule has 0 N–H and O–H groups in total. The maximum Gasteiger partial charge on any atom is 0.335 e. The molecule has 0 saturated heterocycles. The van der Waals surface area contributed by atoms with E-state index in [0.717, 1.165) is 62.0 Å². The van der Waals surface area contributed by atoms with Crippen LogP contribution in [0.25, 0.3) is 36.5 Å². The van der Waals surface area contributed by atoms with Gasteiger partial charge in [0.1, 0.15) is 12.6 Å². The number of anilines is 6. The number of carbonyl (C=O) groups is 2. The van der Waals surface area contributed by atoms with Crippen molar-refractivity contribution in [3.05, 3.63) is 294 Å². The van der Waals surface area contributed by atoms with E-state index >= 15 is 0 Å². The minimum atomic E-state index is -3.15. The van der Waals surface area contributed by atoms with Crippen molar-refractivity contribution in [3.63, 3.8) is 0 Å². The van der Waals surface area contributed by atoms with Crippen LogP contribution in [-0.4, -0.2) is 39.0 Å². The minimum absolute atomic E-state index is 0.216. The molecule has 0 saturated carbocycles. The van der Waals surface area contributed by atoms with Gasteiger partial charge in [-0.2, -0.15) is 0 Å². The molecule has 0 amide bonds. The number of thiophene rings is 2. The molecule has 472 valence electrons. The molecule has 0 aliphatic carbocycles. The third-order valence-electron chi connectivity index (χ3n) is 14.4. The first-order chi connectivity index (χ1) is 44.6. The fraction of sp³-hybridized carbons (Fsp3) is 0.179. The molecule has 0 bridgehead atoms. The summed E-state index contributed by atoms with van der Waals surface area (Å²) in [6.45, 7) is 16.8. The van der Waals surface area contributed by atoms with Crippen molar-refractivity contribution >= 4 is 121 Å². The van der Waals surface area contributed by atoms with Gasteiger partial charge in [0.05, 0.1) is 38.8 Å². The van der Waals surface area contributed by atoms with E-state index < -0.39 is 15.2 Å². The van der Waals surface area contributed by atoms with Crippen molar-refractivity contribution < 1.29 is 36.8 Å². The zero-order valence-corrected chi connectivity index (χ0v) is 56.9. The van der Waals surface area contributed by atoms with E-state index in [9.17, 15) is 18.7 Å². The molecule has 8 aromatic carbocycles. The van der Waals surface area contributed by atoms with E-state index in [2.05, 4.69) is 212 Å². The van der Waals surface area contributed by atoms with E-state index in [4.69, 9.17) is 18.1 Å². The topological polar surface area (TPSA) is 112 Å². The average Bonchev–Trinajstić information content (AvgIpc) is 1.29. The maximum absolute atomic E-state index is 12.7. The minimum Gasteiger partial charge on any atom is -0.311 e. The van der Waals surface area contributed by atoms with Gasteiger partial charge in [0.25, 0.3) is 0 Å². The summed E-state index contributed by atoms with van der Waals surface area (Å²) in [7, 11) is -6.30. The molecule has 0 radical (unpaired) electrons. The second-order valence-corrected chi connectivity index (χ2v) is 27.9. The van der Waals surface area contributed by atoms with Crippen LogP contribution in [0, 0.1) is 27.7 Å². The summed E-state index contributed by atoms with van der Waals surface area (Å²) < 4.78 is 46.7. The van der Waals surface area contributed by atoms with Gasteiger partial charge in [0, 0.05) is 64.8 Å². The highest BCUT2D eigenvalue weighted by atomic mass is 32.1. The van der Waals surface area contributed by atoms with Crippen LogP contribution in [-0.2, 0) is 39.5 Å². The molecule has 0 spiro atoms. The van der Waals surface area contributed by atoms with E-state index in [1.807, 2.05) is 67.6 Å². The lowest BCUT2D eigenvalue weighted by Gasteiger charge is -2.26. The molecule has 10 nitrogen and oxygen atoms in total. The number of rotatable bonds is 26. The Hall–Kier alpha value is -8.38. The summed E-state index contributed by atoms with van der Waals surface area (Å²) in [5.74, 6) is 0. The van der Waals surface area contributed by atoms with Gasteiger partial charge in [-0.15, -0.1) is 22.7 Å². The molecule has 10 rings (SSSR count). The number of benzene rings is 8. The molecule has 2 aromatic heterocycles. The van der Waals surface area contributed by atoms with Gasteiger partial charge in [-0.25, -0.2) is 0 Å². The van der Waals surface area contributed by atoms with Crippen LogP contribution in [0.5, 0.6) is 0 Å². The Morgan fingerprint density at radius 2 is 0.685 bits per heavy atom. The van der Waals surface area contributed by atoms with Gasteiger partial charge < -0.3 is 27.9 Å². The maximum atomic E-state index is 12.7. The predicted molar refractivity (Wildman–Crippen MR) is 389 cm³/mol. The smallest absolute Gasteiger partial charge is 0.311 e. The van der Waals surface area contributed by atoms with Crippen molar-refractivity contribution in [2.45, 2.75) is 67.7 Å². The lowest BCUT2D eigenvalue weighted by atomic mass is 10.1. The van der Waals surface area contributed by atoms with Crippen LogP contribution >= 0.6 is 37.9 Å². The third kappa shape index (κ3) is 20.6. The van der Waals surface area contributed by atoms with Crippen LogP contribution in [0.15, 0.2) is 218 Å². The number of aldehydes is 2. The summed E-state index contributed by atoms with van der Waals surface area (Å²) >= 11 is 3.27. The molecule has 2 heterocycles. The monoisotopic (exact) mass is 1300 g/mol. The Morgan fingerprint density at radius 3 is 1.05 bits per heavy atom. The van der Waals surface area contributed by atoms with E-state index in [1.165, 1.54) is 60.0 Å². The standard InChI is InChI=1S/C42H35NS.C21H17NO2.C15H28O6P2S/c1-32-13-23-38(24-14-32)43(39-25-17-36(18-26-39)16-15-34-9-5-3-6-10-34)40-27-19-37(20-28-40)21-29-41-31-33(2)42(44-41)30-22-35-11-7-4-8-12-35;1-16-2-8-19(9-3-16)22(20-10-4-17(14-23)5-11-20)21-12-6-18(15-24)7-13-21;1-6-18-22(16,19-7-2)11-14-10-13(5)15(24-14)12-23(17,20-8-3)21-9-4/h3-31H,1-2H3;2-15H,1H3;10H,6-9,11-12H2,1-5H3. The van der Waals surface area contributed by atoms with Gasteiger partial charge in [0.15, 0.2) is 0 Å². The van der Waals surface area contributed by atoms with Crippen molar-refractivity contribution in [2.24, 2.45) is 0 Å². The van der Waals surface area contributed by atoms with Crippen molar-refractivity contribution in [2.75, 3.05) is 36.2 Å². The van der Waals surface area contributed by atoms with Gasteiger partial charge in [-0.1, -0.05) is 145 Å². The SMILES string of the molecule is CCOP(=O)(Cc1cc(C)c(CP(=O)(OCC)OCC)s1)OCC.Cc1ccc(N(c2ccc(C=Cc3ccccc3)cc2)c2ccc(C=Cc3cc(C)c(C=Cc4ccccc4)s3)cc2)cc1.Cc1ccc(N(c2ccc(C=O)cc2)c2ccc(C=O)cc2)cc1. The number of hydrogen-bond acceptors (Lipinski definition) is 12. The summed E-state index contributed by atoms with van der Waals surface area (Å²) in [5.41, 5.74) is 17.0. The van der Waals surface area contributed by atoms with Crippen LogP contribution in [0.3, 0.4) is 0 Å². The Labute approximate surface area is 551 Å².